The van der Waals surface area contributed by atoms with Crippen LogP contribution in [-0.2, 0) is 0 Å². The second-order valence-corrected chi connectivity index (χ2v) is 5.86. The summed E-state index contributed by atoms with van der Waals surface area (Å²) in [6.45, 7) is 6.26. The monoisotopic (exact) mass is 290 g/mol. The fourth-order valence-corrected chi connectivity index (χ4v) is 3.34. The summed E-state index contributed by atoms with van der Waals surface area (Å²) < 4.78 is 8.18. The van der Waals surface area contributed by atoms with Crippen LogP contribution in [0.1, 0.15) is 16.7 Å². The molecule has 0 unspecified atom stereocenters. The molecule has 0 spiro atoms. The second-order valence-electron chi connectivity index (χ2n) is 5.86. The van der Waals surface area contributed by atoms with Crippen molar-refractivity contribution in [2.24, 2.45) is 0 Å². The van der Waals surface area contributed by atoms with E-state index in [1.165, 1.54) is 11.1 Å². The van der Waals surface area contributed by atoms with Crippen LogP contribution in [-0.4, -0.2) is 4.57 Å². The molecule has 0 amide bonds. The van der Waals surface area contributed by atoms with E-state index in [1.54, 1.807) is 0 Å². The molecule has 22 heavy (non-hydrogen) atoms. The van der Waals surface area contributed by atoms with Gasteiger partial charge in [-0.25, -0.2) is 0 Å². The maximum Gasteiger partial charge on any atom is 0.214 e. The number of hydrogen-bond acceptors (Lipinski definition) is 2. The Balaban J connectivity index is 2.21. The third-order valence-electron chi connectivity index (χ3n) is 4.44. The first-order chi connectivity index (χ1) is 10.6. The summed E-state index contributed by atoms with van der Waals surface area (Å²) in [7, 11) is 0. The summed E-state index contributed by atoms with van der Waals surface area (Å²) in [4.78, 5) is 0. The molecule has 2 aromatic carbocycles. The number of rotatable bonds is 1. The van der Waals surface area contributed by atoms with Gasteiger partial charge in [0.2, 0.25) is 5.71 Å². The maximum atomic E-state index is 6.42. The summed E-state index contributed by atoms with van der Waals surface area (Å²) in [5.41, 5.74) is 12.7. The number of anilines is 1. The van der Waals surface area contributed by atoms with Crippen LogP contribution in [0.5, 0.6) is 0 Å². The Kier molecular flexibility index (Phi) is 2.61. The second kappa shape index (κ2) is 4.41. The van der Waals surface area contributed by atoms with E-state index in [-0.39, 0.29) is 0 Å². The molecule has 0 atom stereocenters. The predicted molar refractivity (Wildman–Crippen MR) is 91.7 cm³/mol. The summed E-state index contributed by atoms with van der Waals surface area (Å²) in [5, 5.41) is 2.22. The van der Waals surface area contributed by atoms with Gasteiger partial charge in [-0.15, -0.1) is 0 Å². The highest BCUT2D eigenvalue weighted by Gasteiger charge is 2.21. The molecule has 0 aliphatic rings. The lowest BCUT2D eigenvalue weighted by atomic mass is 10.1. The van der Waals surface area contributed by atoms with E-state index in [1.807, 2.05) is 18.2 Å². The van der Waals surface area contributed by atoms with Crippen LogP contribution in [0.2, 0.25) is 0 Å². The van der Waals surface area contributed by atoms with Crippen molar-refractivity contribution in [3.63, 3.8) is 0 Å². The number of furan rings is 1. The van der Waals surface area contributed by atoms with Crippen LogP contribution in [0.15, 0.2) is 46.9 Å². The van der Waals surface area contributed by atoms with Crippen molar-refractivity contribution in [1.82, 2.24) is 4.57 Å². The number of nitrogens with two attached hydrogens (primary N) is 1. The van der Waals surface area contributed by atoms with Gasteiger partial charge in [0.25, 0.3) is 0 Å². The average Bonchev–Trinajstić information content (AvgIpc) is 2.98. The minimum absolute atomic E-state index is 0.747. The molecular formula is C19H18N2O. The lowest BCUT2D eigenvalue weighted by Crippen LogP contribution is -2.04. The summed E-state index contributed by atoms with van der Waals surface area (Å²) >= 11 is 0. The van der Waals surface area contributed by atoms with Gasteiger partial charge in [-0.2, -0.15) is 0 Å². The lowest BCUT2D eigenvalue weighted by molar-refractivity contribution is 0.643. The summed E-state index contributed by atoms with van der Waals surface area (Å²) in [5.74, 6) is 0.747. The van der Waals surface area contributed by atoms with Gasteiger partial charge in [0.15, 0.2) is 0 Å². The smallest absolute Gasteiger partial charge is 0.214 e. The van der Waals surface area contributed by atoms with Crippen molar-refractivity contribution < 1.29 is 4.42 Å². The molecule has 0 fully saturated rings. The van der Waals surface area contributed by atoms with Crippen LogP contribution in [0, 0.1) is 20.8 Å². The molecule has 0 bridgehead atoms. The normalized spacial score (nSPS) is 11.6. The molecule has 2 aromatic heterocycles. The Morgan fingerprint density at radius 3 is 2.32 bits per heavy atom. The molecular weight excluding hydrogens is 272 g/mol. The van der Waals surface area contributed by atoms with Crippen molar-refractivity contribution in [3.05, 3.63) is 59.2 Å². The van der Waals surface area contributed by atoms with Crippen molar-refractivity contribution in [2.45, 2.75) is 20.8 Å². The predicted octanol–water partition coefficient (Wildman–Crippen LogP) is 4.88. The molecule has 4 rings (SSSR count). The number of aryl methyl sites for hydroxylation is 3. The lowest BCUT2D eigenvalue weighted by Gasteiger charge is -2.13. The van der Waals surface area contributed by atoms with Crippen LogP contribution in [0.3, 0.4) is 0 Å². The average molecular weight is 290 g/mol. The number of aromatic nitrogens is 1. The number of nitrogen functional groups attached to an aromatic ring is 1. The number of hydrogen-bond donors (Lipinski definition) is 1. The van der Waals surface area contributed by atoms with Crippen molar-refractivity contribution >= 4 is 27.9 Å². The quantitative estimate of drug-likeness (QED) is 0.542. The molecule has 0 aliphatic heterocycles. The van der Waals surface area contributed by atoms with Crippen molar-refractivity contribution in [1.29, 1.82) is 0 Å². The highest BCUT2D eigenvalue weighted by molar-refractivity contribution is 6.08. The summed E-state index contributed by atoms with van der Waals surface area (Å²) in [6, 6.07) is 14.4. The van der Waals surface area contributed by atoms with Gasteiger partial charge in [-0.1, -0.05) is 36.4 Å². The van der Waals surface area contributed by atoms with Crippen LogP contribution in [0.4, 0.5) is 5.82 Å². The van der Waals surface area contributed by atoms with Gasteiger partial charge >= 0.3 is 0 Å². The van der Waals surface area contributed by atoms with E-state index in [0.29, 0.717) is 0 Å². The van der Waals surface area contributed by atoms with Gasteiger partial charge in [0.1, 0.15) is 11.4 Å². The topological polar surface area (TPSA) is 44.1 Å². The van der Waals surface area contributed by atoms with Crippen LogP contribution >= 0.6 is 0 Å². The molecule has 4 aromatic rings. The van der Waals surface area contributed by atoms with E-state index in [4.69, 9.17) is 10.2 Å². The van der Waals surface area contributed by atoms with Crippen LogP contribution < -0.4 is 5.73 Å². The molecule has 0 saturated heterocycles. The fraction of sp³-hybridized carbons (Fsp3) is 0.158. The molecule has 0 radical (unpaired) electrons. The molecule has 2 heterocycles. The van der Waals surface area contributed by atoms with E-state index < -0.39 is 0 Å². The fourth-order valence-electron chi connectivity index (χ4n) is 3.34. The van der Waals surface area contributed by atoms with Gasteiger partial charge < -0.3 is 10.2 Å². The van der Waals surface area contributed by atoms with Gasteiger partial charge in [-0.05, 0) is 38.0 Å². The van der Waals surface area contributed by atoms with Gasteiger partial charge in [0, 0.05) is 10.9 Å². The van der Waals surface area contributed by atoms with E-state index in [0.717, 1.165) is 39.1 Å². The zero-order valence-electron chi connectivity index (χ0n) is 13.0. The number of nitrogens with zero attached hydrogens (tertiary/aromatic N) is 1. The molecule has 3 nitrogen and oxygen atoms in total. The third kappa shape index (κ3) is 1.56. The Labute approximate surface area is 129 Å². The first-order valence-corrected chi connectivity index (χ1v) is 7.44. The standard InChI is InChI=1S/C19H18N2O/c1-11-7-6-8-12(2)17(11)21-18(20)13(3)16-14-9-4-5-10-15(14)22-19(16)21/h4-10H,20H2,1-3H3. The Hall–Kier alpha value is -2.68. The minimum Gasteiger partial charge on any atom is -0.439 e. The number of benzene rings is 2. The number of fused-ring (bicyclic) bond motifs is 3. The van der Waals surface area contributed by atoms with Crippen LogP contribution in [0.25, 0.3) is 27.8 Å². The number of para-hydroxylation sites is 2. The molecule has 2 N–H and O–H groups in total. The van der Waals surface area contributed by atoms with Crippen molar-refractivity contribution in [3.8, 4) is 5.69 Å². The third-order valence-corrected chi connectivity index (χ3v) is 4.44. The maximum absolute atomic E-state index is 6.42. The Morgan fingerprint density at radius 1 is 0.909 bits per heavy atom. The van der Waals surface area contributed by atoms with Gasteiger partial charge in [0.05, 0.1) is 11.1 Å². The molecule has 110 valence electrons. The SMILES string of the molecule is Cc1cccc(C)c1-n1c(N)c(C)c2c3ccccc3oc21. The Morgan fingerprint density at radius 2 is 1.59 bits per heavy atom. The molecule has 0 saturated carbocycles. The van der Waals surface area contributed by atoms with E-state index >= 15 is 0 Å². The highest BCUT2D eigenvalue weighted by Crippen LogP contribution is 2.39. The first kappa shape index (κ1) is 13.0. The van der Waals surface area contributed by atoms with Gasteiger partial charge in [-0.3, -0.25) is 4.57 Å². The zero-order chi connectivity index (χ0) is 15.4. The zero-order valence-corrected chi connectivity index (χ0v) is 13.0. The van der Waals surface area contributed by atoms with Crippen molar-refractivity contribution in [2.75, 3.05) is 5.73 Å². The first-order valence-electron chi connectivity index (χ1n) is 7.44. The highest BCUT2D eigenvalue weighted by atomic mass is 16.3. The Bertz CT molecular complexity index is 1000. The minimum atomic E-state index is 0.747. The summed E-state index contributed by atoms with van der Waals surface area (Å²) in [6.07, 6.45) is 0. The largest absolute Gasteiger partial charge is 0.439 e. The molecule has 3 heteroatoms. The van der Waals surface area contributed by atoms with E-state index in [9.17, 15) is 0 Å². The van der Waals surface area contributed by atoms with E-state index in [2.05, 4.69) is 49.6 Å². The molecule has 0 aliphatic carbocycles.